The first-order valence-electron chi connectivity index (χ1n) is 9.01. The Hall–Kier alpha value is -2.92. The lowest BCUT2D eigenvalue weighted by atomic mass is 10.1. The molecular weight excluding hydrogens is 379 g/mol. The minimum atomic E-state index is -0.286. The van der Waals surface area contributed by atoms with Crippen LogP contribution in [0.4, 0.5) is 10.1 Å². The molecule has 1 heterocycles. The zero-order chi connectivity index (χ0) is 19.7. The second-order valence-electron chi connectivity index (χ2n) is 6.96. The van der Waals surface area contributed by atoms with E-state index >= 15 is 0 Å². The van der Waals surface area contributed by atoms with Crippen LogP contribution in [0.2, 0.25) is 5.02 Å². The lowest BCUT2D eigenvalue weighted by Crippen LogP contribution is -2.22. The van der Waals surface area contributed by atoms with Crippen molar-refractivity contribution in [3.8, 4) is 0 Å². The number of hydrogen-bond donors (Lipinski definition) is 1. The summed E-state index contributed by atoms with van der Waals surface area (Å²) in [6, 6.07) is 16.6. The Morgan fingerprint density at radius 1 is 1.11 bits per heavy atom. The zero-order valence-corrected chi connectivity index (χ0v) is 15.7. The predicted octanol–water partition coefficient (Wildman–Crippen LogP) is 4.43. The summed E-state index contributed by atoms with van der Waals surface area (Å²) in [4.78, 5) is 24.7. The molecule has 0 radical (unpaired) electrons. The number of halogens is 2. The van der Waals surface area contributed by atoms with E-state index in [4.69, 9.17) is 11.6 Å². The van der Waals surface area contributed by atoms with Crippen LogP contribution < -0.4 is 10.9 Å². The van der Waals surface area contributed by atoms with E-state index in [0.29, 0.717) is 17.3 Å². The topological polar surface area (TPSA) is 51.1 Å². The summed E-state index contributed by atoms with van der Waals surface area (Å²) < 4.78 is 14.6. The molecule has 1 aliphatic rings. The highest BCUT2D eigenvalue weighted by Crippen LogP contribution is 2.47. The largest absolute Gasteiger partial charge is 0.325 e. The van der Waals surface area contributed by atoms with Gasteiger partial charge in [0.15, 0.2) is 0 Å². The van der Waals surface area contributed by atoms with E-state index in [9.17, 15) is 14.0 Å². The fraction of sp³-hybridized carbons (Fsp3) is 0.182. The molecule has 28 heavy (non-hydrogen) atoms. The highest BCUT2D eigenvalue weighted by atomic mass is 35.5. The Morgan fingerprint density at radius 2 is 1.86 bits per heavy atom. The number of hydrogen-bond acceptors (Lipinski definition) is 2. The number of amides is 1. The molecule has 1 aliphatic carbocycles. The maximum Gasteiger partial charge on any atom is 0.250 e. The Morgan fingerprint density at radius 3 is 2.61 bits per heavy atom. The van der Waals surface area contributed by atoms with Gasteiger partial charge in [0.25, 0.3) is 5.56 Å². The van der Waals surface area contributed by atoms with Crippen molar-refractivity contribution in [3.63, 3.8) is 0 Å². The fourth-order valence-electron chi connectivity index (χ4n) is 3.34. The molecule has 0 spiro atoms. The minimum Gasteiger partial charge on any atom is -0.325 e. The highest BCUT2D eigenvalue weighted by molar-refractivity contribution is 6.31. The minimum absolute atomic E-state index is 0.0998. The highest BCUT2D eigenvalue weighted by Gasteiger charge is 2.43. The molecular formula is C22H18ClFN2O2. The van der Waals surface area contributed by atoms with Crippen LogP contribution in [-0.2, 0) is 11.3 Å². The van der Waals surface area contributed by atoms with Crippen molar-refractivity contribution >= 4 is 23.2 Å². The summed E-state index contributed by atoms with van der Waals surface area (Å²) in [5.41, 5.74) is 2.17. The summed E-state index contributed by atoms with van der Waals surface area (Å²) in [5, 5.41) is 3.46. The Bertz CT molecular complexity index is 1080. The van der Waals surface area contributed by atoms with E-state index < -0.39 is 0 Å². The Kier molecular flexibility index (Phi) is 5.01. The van der Waals surface area contributed by atoms with E-state index in [1.165, 1.54) is 22.8 Å². The molecule has 0 saturated heterocycles. The first kappa shape index (κ1) is 18.4. The number of benzene rings is 2. The third-order valence-corrected chi connectivity index (χ3v) is 5.34. The molecule has 6 heteroatoms. The van der Waals surface area contributed by atoms with Gasteiger partial charge in [-0.15, -0.1) is 0 Å². The van der Waals surface area contributed by atoms with Crippen molar-refractivity contribution in [1.82, 2.24) is 4.57 Å². The Labute approximate surface area is 166 Å². The summed E-state index contributed by atoms with van der Waals surface area (Å²) in [7, 11) is 0. The zero-order valence-electron chi connectivity index (χ0n) is 14.9. The van der Waals surface area contributed by atoms with Crippen LogP contribution >= 0.6 is 11.6 Å². The van der Waals surface area contributed by atoms with E-state index in [0.717, 1.165) is 17.5 Å². The SMILES string of the molecule is O=C(Nc1ccc(=O)n(Cc2ccccc2Cl)c1)[C@@H]1C[C@H]1c1ccc(F)cc1. The molecule has 3 aromatic rings. The second-order valence-corrected chi connectivity index (χ2v) is 7.37. The van der Waals surface area contributed by atoms with Crippen LogP contribution in [-0.4, -0.2) is 10.5 Å². The molecule has 0 aliphatic heterocycles. The number of pyridine rings is 1. The van der Waals surface area contributed by atoms with Gasteiger partial charge in [0.1, 0.15) is 5.82 Å². The molecule has 1 amide bonds. The average molecular weight is 397 g/mol. The summed E-state index contributed by atoms with van der Waals surface area (Å²) >= 11 is 6.18. The molecule has 2 atom stereocenters. The van der Waals surface area contributed by atoms with Gasteiger partial charge in [0, 0.05) is 23.2 Å². The molecule has 142 valence electrons. The lowest BCUT2D eigenvalue weighted by molar-refractivity contribution is -0.117. The van der Waals surface area contributed by atoms with Crippen molar-refractivity contribution in [1.29, 1.82) is 0 Å². The molecule has 1 aromatic heterocycles. The first-order chi connectivity index (χ1) is 13.5. The van der Waals surface area contributed by atoms with E-state index in [1.54, 1.807) is 30.5 Å². The third-order valence-electron chi connectivity index (χ3n) is 4.97. The van der Waals surface area contributed by atoms with Gasteiger partial charge in [-0.3, -0.25) is 9.59 Å². The summed E-state index contributed by atoms with van der Waals surface area (Å²) in [6.45, 7) is 0.323. The van der Waals surface area contributed by atoms with Crippen LogP contribution in [0.3, 0.4) is 0 Å². The normalized spacial score (nSPS) is 17.9. The molecule has 0 unspecified atom stereocenters. The molecule has 2 aromatic carbocycles. The molecule has 1 saturated carbocycles. The maximum atomic E-state index is 13.0. The van der Waals surface area contributed by atoms with Crippen LogP contribution in [0.25, 0.3) is 0 Å². The summed E-state index contributed by atoms with van der Waals surface area (Å²) in [5.74, 6) is -0.424. The number of carbonyl (C=O) groups is 1. The van der Waals surface area contributed by atoms with Crippen LogP contribution in [0, 0.1) is 11.7 Å². The van der Waals surface area contributed by atoms with Gasteiger partial charge in [-0.25, -0.2) is 4.39 Å². The average Bonchev–Trinajstić information content (AvgIpc) is 3.48. The molecule has 1 fully saturated rings. The number of nitrogens with one attached hydrogen (secondary N) is 1. The van der Waals surface area contributed by atoms with Crippen molar-refractivity contribution in [2.45, 2.75) is 18.9 Å². The van der Waals surface area contributed by atoms with E-state index in [1.807, 2.05) is 18.2 Å². The molecule has 0 bridgehead atoms. The quantitative estimate of drug-likeness (QED) is 0.693. The van der Waals surface area contributed by atoms with Gasteiger partial charge in [-0.1, -0.05) is 41.9 Å². The first-order valence-corrected chi connectivity index (χ1v) is 9.39. The van der Waals surface area contributed by atoms with E-state index in [-0.39, 0.29) is 29.1 Å². The Balaban J connectivity index is 1.45. The van der Waals surface area contributed by atoms with Gasteiger partial charge >= 0.3 is 0 Å². The summed E-state index contributed by atoms with van der Waals surface area (Å²) in [6.07, 6.45) is 2.36. The van der Waals surface area contributed by atoms with Crippen LogP contribution in [0.5, 0.6) is 0 Å². The number of nitrogens with zero attached hydrogens (tertiary/aromatic N) is 1. The standard InChI is InChI=1S/C22H18ClFN2O2/c23-20-4-2-1-3-15(20)12-26-13-17(9-10-21(26)27)25-22(28)19-11-18(19)14-5-7-16(24)8-6-14/h1-10,13,18-19H,11-12H2,(H,25,28)/t18-,19+/m0/s1. The van der Waals surface area contributed by atoms with Gasteiger partial charge in [0.05, 0.1) is 12.2 Å². The van der Waals surface area contributed by atoms with E-state index in [2.05, 4.69) is 5.32 Å². The van der Waals surface area contributed by atoms with Crippen molar-refractivity contribution < 1.29 is 9.18 Å². The predicted molar refractivity (Wildman–Crippen MR) is 107 cm³/mol. The van der Waals surface area contributed by atoms with Crippen LogP contribution in [0.1, 0.15) is 23.5 Å². The van der Waals surface area contributed by atoms with Crippen molar-refractivity contribution in [2.75, 3.05) is 5.32 Å². The number of aromatic nitrogens is 1. The fourth-order valence-corrected chi connectivity index (χ4v) is 3.53. The van der Waals surface area contributed by atoms with Crippen molar-refractivity contribution in [2.24, 2.45) is 5.92 Å². The number of anilines is 1. The molecule has 4 nitrogen and oxygen atoms in total. The molecule has 1 N–H and O–H groups in total. The van der Waals surface area contributed by atoms with Gasteiger partial charge in [-0.2, -0.15) is 0 Å². The van der Waals surface area contributed by atoms with Crippen LogP contribution in [0.15, 0.2) is 71.7 Å². The second kappa shape index (κ2) is 7.60. The third kappa shape index (κ3) is 3.99. The maximum absolute atomic E-state index is 13.0. The smallest absolute Gasteiger partial charge is 0.250 e. The number of rotatable bonds is 5. The van der Waals surface area contributed by atoms with Crippen molar-refractivity contribution in [3.05, 3.63) is 99.2 Å². The number of carbonyl (C=O) groups excluding carboxylic acids is 1. The molecule has 4 rings (SSSR count). The van der Waals surface area contributed by atoms with Gasteiger partial charge < -0.3 is 9.88 Å². The monoisotopic (exact) mass is 396 g/mol. The van der Waals surface area contributed by atoms with Gasteiger partial charge in [0.2, 0.25) is 5.91 Å². The lowest BCUT2D eigenvalue weighted by Gasteiger charge is -2.11. The van der Waals surface area contributed by atoms with Gasteiger partial charge in [-0.05, 0) is 47.7 Å².